The average Bonchev–Trinajstić information content (AvgIpc) is 2.26. The molecule has 0 bridgehead atoms. The highest BCUT2D eigenvalue weighted by molar-refractivity contribution is 7.86. The molecule has 2 aromatic rings. The summed E-state index contributed by atoms with van der Waals surface area (Å²) in [5, 5.41) is 1.59. The van der Waals surface area contributed by atoms with Crippen LogP contribution in [0.25, 0.3) is 10.8 Å². The van der Waals surface area contributed by atoms with Crippen molar-refractivity contribution in [2.75, 3.05) is 7.11 Å². The van der Waals surface area contributed by atoms with Gasteiger partial charge in [-0.1, -0.05) is 24.3 Å². The van der Waals surface area contributed by atoms with Crippen molar-refractivity contribution in [3.8, 4) is 5.75 Å². The van der Waals surface area contributed by atoms with E-state index < -0.39 is 10.1 Å². The molecule has 0 saturated carbocycles. The Labute approximate surface area is 93.2 Å². The summed E-state index contributed by atoms with van der Waals surface area (Å²) in [6.45, 7) is 0. The number of ether oxygens (including phenoxy) is 1. The first-order valence-electron chi connectivity index (χ1n) is 4.56. The lowest BCUT2D eigenvalue weighted by molar-refractivity contribution is 0.398. The van der Waals surface area contributed by atoms with Crippen molar-refractivity contribution in [1.82, 2.24) is 0 Å². The van der Waals surface area contributed by atoms with Crippen molar-refractivity contribution in [2.24, 2.45) is 0 Å². The Morgan fingerprint density at radius 3 is 2.19 bits per heavy atom. The Balaban J connectivity index is 2.83. The maximum atomic E-state index is 11.1. The van der Waals surface area contributed by atoms with Crippen LogP contribution in [0.2, 0.25) is 0 Å². The number of fused-ring (bicyclic) bond motifs is 1. The van der Waals surface area contributed by atoms with E-state index in [1.165, 1.54) is 13.2 Å². The van der Waals surface area contributed by atoms with E-state index in [2.05, 4.69) is 0 Å². The predicted molar refractivity (Wildman–Crippen MR) is 60.3 cm³/mol. The van der Waals surface area contributed by atoms with Crippen molar-refractivity contribution in [3.05, 3.63) is 36.4 Å². The van der Waals surface area contributed by atoms with Crippen LogP contribution >= 0.6 is 0 Å². The highest BCUT2D eigenvalue weighted by Gasteiger charge is 2.16. The molecule has 0 aliphatic carbocycles. The standard InChI is InChI=1S/C11H10O4S/c1-15-10-6-8-4-2-3-5-9(8)7-11(10)16(12,13)14/h2-7H,1H3,(H,12,13,14). The smallest absolute Gasteiger partial charge is 0.298 e. The Hall–Kier alpha value is -1.59. The zero-order chi connectivity index (χ0) is 11.8. The SMILES string of the molecule is COc1cc2ccccc2cc1S(=O)(=O)O. The summed E-state index contributed by atoms with van der Waals surface area (Å²) in [5.41, 5.74) is 0. The third-order valence-corrected chi connectivity index (χ3v) is 3.18. The lowest BCUT2D eigenvalue weighted by atomic mass is 10.1. The van der Waals surface area contributed by atoms with E-state index in [4.69, 9.17) is 9.29 Å². The molecule has 0 aliphatic heterocycles. The maximum absolute atomic E-state index is 11.1. The molecular weight excluding hydrogens is 228 g/mol. The molecule has 0 unspecified atom stereocenters. The first-order chi connectivity index (χ1) is 7.52. The molecule has 0 aliphatic rings. The Kier molecular flexibility index (Phi) is 2.57. The quantitative estimate of drug-likeness (QED) is 0.814. The van der Waals surface area contributed by atoms with Crippen LogP contribution in [0.1, 0.15) is 0 Å². The average molecular weight is 238 g/mol. The number of methoxy groups -OCH3 is 1. The van der Waals surface area contributed by atoms with Gasteiger partial charge >= 0.3 is 0 Å². The van der Waals surface area contributed by atoms with Gasteiger partial charge in [-0.2, -0.15) is 8.42 Å². The first-order valence-corrected chi connectivity index (χ1v) is 6.00. The van der Waals surface area contributed by atoms with E-state index in [1.807, 2.05) is 12.1 Å². The second kappa shape index (κ2) is 3.77. The molecule has 2 rings (SSSR count). The summed E-state index contributed by atoms with van der Waals surface area (Å²) < 4.78 is 36.3. The zero-order valence-corrected chi connectivity index (χ0v) is 9.36. The van der Waals surface area contributed by atoms with Crippen LogP contribution in [0.15, 0.2) is 41.3 Å². The fourth-order valence-corrected chi connectivity index (χ4v) is 2.23. The molecule has 1 N–H and O–H groups in total. The molecule has 0 atom stereocenters. The van der Waals surface area contributed by atoms with Gasteiger partial charge in [-0.25, -0.2) is 0 Å². The molecule has 0 amide bonds. The zero-order valence-electron chi connectivity index (χ0n) is 8.54. The molecule has 0 aromatic heterocycles. The van der Waals surface area contributed by atoms with E-state index in [0.29, 0.717) is 0 Å². The first kappa shape index (κ1) is 10.9. The topological polar surface area (TPSA) is 63.6 Å². The minimum absolute atomic E-state index is 0.140. The van der Waals surface area contributed by atoms with Crippen LogP contribution < -0.4 is 4.74 Å². The Bertz CT molecular complexity index is 631. The molecule has 0 spiro atoms. The number of hydrogen-bond acceptors (Lipinski definition) is 3. The Morgan fingerprint density at radius 2 is 1.69 bits per heavy atom. The third kappa shape index (κ3) is 1.87. The van der Waals surface area contributed by atoms with Crippen molar-refractivity contribution >= 4 is 20.9 Å². The van der Waals surface area contributed by atoms with E-state index >= 15 is 0 Å². The van der Waals surface area contributed by atoms with Crippen LogP contribution in [-0.4, -0.2) is 20.1 Å². The third-order valence-electron chi connectivity index (χ3n) is 2.31. The summed E-state index contributed by atoms with van der Waals surface area (Å²) in [6, 6.07) is 10.2. The van der Waals surface area contributed by atoms with Gasteiger partial charge < -0.3 is 4.74 Å². The lowest BCUT2D eigenvalue weighted by Gasteiger charge is -2.07. The maximum Gasteiger partial charge on any atom is 0.298 e. The molecule has 0 heterocycles. The second-order valence-corrected chi connectivity index (χ2v) is 4.72. The molecule has 2 aromatic carbocycles. The van der Waals surface area contributed by atoms with E-state index in [1.54, 1.807) is 18.2 Å². The summed E-state index contributed by atoms with van der Waals surface area (Å²) in [7, 11) is -2.90. The van der Waals surface area contributed by atoms with Gasteiger partial charge in [0.2, 0.25) is 0 Å². The van der Waals surface area contributed by atoms with Crippen molar-refractivity contribution in [3.63, 3.8) is 0 Å². The molecule has 84 valence electrons. The van der Waals surface area contributed by atoms with Crippen molar-refractivity contribution in [1.29, 1.82) is 0 Å². The number of benzene rings is 2. The van der Waals surface area contributed by atoms with Crippen LogP contribution in [0.4, 0.5) is 0 Å². The van der Waals surface area contributed by atoms with Gasteiger partial charge in [0, 0.05) is 0 Å². The number of hydrogen-bond donors (Lipinski definition) is 1. The van der Waals surface area contributed by atoms with Crippen LogP contribution in [0.5, 0.6) is 5.75 Å². The molecule has 0 fully saturated rings. The van der Waals surface area contributed by atoms with Gasteiger partial charge in [-0.3, -0.25) is 4.55 Å². The van der Waals surface area contributed by atoms with Gasteiger partial charge in [-0.15, -0.1) is 0 Å². The fraction of sp³-hybridized carbons (Fsp3) is 0.0909. The fourth-order valence-electron chi connectivity index (χ4n) is 1.56. The van der Waals surface area contributed by atoms with Crippen LogP contribution in [-0.2, 0) is 10.1 Å². The molecule has 16 heavy (non-hydrogen) atoms. The molecule has 0 saturated heterocycles. The van der Waals surface area contributed by atoms with Crippen LogP contribution in [0.3, 0.4) is 0 Å². The summed E-state index contributed by atoms with van der Waals surface area (Å²) >= 11 is 0. The monoisotopic (exact) mass is 238 g/mol. The van der Waals surface area contributed by atoms with E-state index in [-0.39, 0.29) is 10.6 Å². The highest BCUT2D eigenvalue weighted by atomic mass is 32.2. The molecule has 5 heteroatoms. The van der Waals surface area contributed by atoms with Crippen molar-refractivity contribution < 1.29 is 17.7 Å². The van der Waals surface area contributed by atoms with Crippen LogP contribution in [0, 0.1) is 0 Å². The molecular formula is C11H10O4S. The van der Waals surface area contributed by atoms with Crippen molar-refractivity contribution in [2.45, 2.75) is 4.90 Å². The molecule has 0 radical (unpaired) electrons. The summed E-state index contributed by atoms with van der Waals surface area (Å²) in [6.07, 6.45) is 0. The summed E-state index contributed by atoms with van der Waals surface area (Å²) in [5.74, 6) is 0.140. The predicted octanol–water partition coefficient (Wildman–Crippen LogP) is 2.10. The minimum atomic E-state index is -4.26. The van der Waals surface area contributed by atoms with Gasteiger partial charge in [0.1, 0.15) is 10.6 Å². The van der Waals surface area contributed by atoms with Gasteiger partial charge in [0.15, 0.2) is 0 Å². The van der Waals surface area contributed by atoms with Gasteiger partial charge in [0.25, 0.3) is 10.1 Å². The largest absolute Gasteiger partial charge is 0.495 e. The number of rotatable bonds is 2. The van der Waals surface area contributed by atoms with Gasteiger partial charge in [0.05, 0.1) is 7.11 Å². The minimum Gasteiger partial charge on any atom is -0.495 e. The van der Waals surface area contributed by atoms with E-state index in [0.717, 1.165) is 10.8 Å². The lowest BCUT2D eigenvalue weighted by Crippen LogP contribution is -2.01. The van der Waals surface area contributed by atoms with Gasteiger partial charge in [-0.05, 0) is 22.9 Å². The highest BCUT2D eigenvalue weighted by Crippen LogP contribution is 2.29. The summed E-state index contributed by atoms with van der Waals surface area (Å²) in [4.78, 5) is -0.214. The second-order valence-electron chi connectivity index (χ2n) is 3.33. The molecule has 4 nitrogen and oxygen atoms in total. The van der Waals surface area contributed by atoms with E-state index in [9.17, 15) is 8.42 Å². The Morgan fingerprint density at radius 1 is 1.12 bits per heavy atom. The normalized spacial score (nSPS) is 11.6.